The van der Waals surface area contributed by atoms with E-state index in [1.807, 2.05) is 29.2 Å². The average molecular weight is 483 g/mol. The van der Waals surface area contributed by atoms with Gasteiger partial charge in [-0.15, -0.1) is 0 Å². The number of sulfonamides is 1. The number of aliphatic carboxylic acids is 1. The summed E-state index contributed by atoms with van der Waals surface area (Å²) in [6.07, 6.45) is 1.49. The highest BCUT2D eigenvalue weighted by Crippen LogP contribution is 2.20. The molecule has 3 N–H and O–H groups in total. The monoisotopic (exact) mass is 482 g/mol. The maximum atomic E-state index is 13.2. The third kappa shape index (κ3) is 5.17. The van der Waals surface area contributed by atoms with Crippen LogP contribution in [0.2, 0.25) is 0 Å². The largest absolute Gasteiger partial charge is 0.479 e. The van der Waals surface area contributed by atoms with E-state index >= 15 is 0 Å². The molecule has 1 saturated heterocycles. The summed E-state index contributed by atoms with van der Waals surface area (Å²) in [7, 11) is -4.01. The SMILES string of the molecule is NC(C#Cc1cnc2ccccc2c1)(CS(=O)(=O)N1CCN(c2ccc(F)cc2)CC1)C(=O)O. The Labute approximate surface area is 196 Å². The van der Waals surface area contributed by atoms with Gasteiger partial charge in [0, 0.05) is 49.0 Å². The zero-order valence-corrected chi connectivity index (χ0v) is 19.0. The van der Waals surface area contributed by atoms with Crippen LogP contribution < -0.4 is 10.6 Å². The summed E-state index contributed by atoms with van der Waals surface area (Å²) < 4.78 is 40.4. The number of nitrogens with zero attached hydrogens (tertiary/aromatic N) is 3. The van der Waals surface area contributed by atoms with E-state index in [0.717, 1.165) is 16.6 Å². The Morgan fingerprint density at radius 1 is 1.12 bits per heavy atom. The normalized spacial score (nSPS) is 16.5. The van der Waals surface area contributed by atoms with Crippen LogP contribution in [0.15, 0.2) is 60.8 Å². The highest BCUT2D eigenvalue weighted by molar-refractivity contribution is 7.89. The highest BCUT2D eigenvalue weighted by Gasteiger charge is 2.41. The summed E-state index contributed by atoms with van der Waals surface area (Å²) >= 11 is 0. The van der Waals surface area contributed by atoms with Crippen molar-refractivity contribution in [2.75, 3.05) is 36.8 Å². The number of carboxylic acids is 1. The molecule has 1 unspecified atom stereocenters. The Balaban J connectivity index is 1.48. The van der Waals surface area contributed by atoms with Crippen molar-refractivity contribution in [1.29, 1.82) is 0 Å². The van der Waals surface area contributed by atoms with Gasteiger partial charge in [-0.3, -0.25) is 4.98 Å². The molecule has 0 amide bonds. The van der Waals surface area contributed by atoms with Crippen molar-refractivity contribution in [3.05, 3.63) is 72.2 Å². The molecule has 8 nitrogen and oxygen atoms in total. The van der Waals surface area contributed by atoms with Gasteiger partial charge in [0.2, 0.25) is 10.0 Å². The molecule has 0 aliphatic carbocycles. The van der Waals surface area contributed by atoms with Gasteiger partial charge in [0.15, 0.2) is 5.54 Å². The van der Waals surface area contributed by atoms with Crippen molar-refractivity contribution < 1.29 is 22.7 Å². The number of aromatic nitrogens is 1. The van der Waals surface area contributed by atoms with Gasteiger partial charge in [-0.05, 0) is 36.4 Å². The van der Waals surface area contributed by atoms with E-state index in [-0.39, 0.29) is 18.9 Å². The van der Waals surface area contributed by atoms with Gasteiger partial charge >= 0.3 is 5.97 Å². The lowest BCUT2D eigenvalue weighted by atomic mass is 10.0. The maximum absolute atomic E-state index is 13.2. The number of para-hydroxylation sites is 1. The van der Waals surface area contributed by atoms with Crippen molar-refractivity contribution in [2.45, 2.75) is 5.54 Å². The molecule has 1 aliphatic heterocycles. The number of anilines is 1. The van der Waals surface area contributed by atoms with Gasteiger partial charge in [0.25, 0.3) is 0 Å². The topological polar surface area (TPSA) is 117 Å². The molecule has 4 rings (SSSR count). The van der Waals surface area contributed by atoms with Crippen molar-refractivity contribution in [3.63, 3.8) is 0 Å². The van der Waals surface area contributed by atoms with E-state index in [1.165, 1.54) is 22.6 Å². The second kappa shape index (κ2) is 9.38. The molecule has 0 spiro atoms. The van der Waals surface area contributed by atoms with Crippen LogP contribution in [-0.4, -0.2) is 66.3 Å². The molecule has 176 valence electrons. The number of hydrogen-bond donors (Lipinski definition) is 2. The van der Waals surface area contributed by atoms with Gasteiger partial charge in [0.05, 0.1) is 5.52 Å². The fourth-order valence-corrected chi connectivity index (χ4v) is 5.40. The summed E-state index contributed by atoms with van der Waals surface area (Å²) in [6.45, 7) is 1.06. The summed E-state index contributed by atoms with van der Waals surface area (Å²) in [5.41, 5.74) is 5.66. The molecule has 2 heterocycles. The molecule has 1 aromatic heterocycles. The number of fused-ring (bicyclic) bond motifs is 1. The third-order valence-electron chi connectivity index (χ3n) is 5.64. The van der Waals surface area contributed by atoms with E-state index in [2.05, 4.69) is 16.8 Å². The summed E-state index contributed by atoms with van der Waals surface area (Å²) in [5.74, 6) is 2.39. The third-order valence-corrected chi connectivity index (χ3v) is 7.61. The van der Waals surface area contributed by atoms with Crippen LogP contribution in [-0.2, 0) is 14.8 Å². The van der Waals surface area contributed by atoms with Crippen LogP contribution in [0.5, 0.6) is 0 Å². The lowest BCUT2D eigenvalue weighted by molar-refractivity contribution is -0.140. The molecule has 10 heteroatoms. The predicted molar refractivity (Wildman–Crippen MR) is 127 cm³/mol. The highest BCUT2D eigenvalue weighted by atomic mass is 32.2. The van der Waals surface area contributed by atoms with E-state index in [1.54, 1.807) is 18.2 Å². The molecule has 1 aliphatic rings. The van der Waals surface area contributed by atoms with Crippen molar-refractivity contribution in [1.82, 2.24) is 9.29 Å². The number of halogens is 1. The molecular weight excluding hydrogens is 459 g/mol. The van der Waals surface area contributed by atoms with E-state index in [4.69, 9.17) is 5.73 Å². The van der Waals surface area contributed by atoms with Gasteiger partial charge in [0.1, 0.15) is 11.6 Å². The number of nitrogens with two attached hydrogens (primary N) is 1. The van der Waals surface area contributed by atoms with Crippen LogP contribution in [0.4, 0.5) is 10.1 Å². The molecular formula is C24H23FN4O4S. The molecule has 3 aromatic rings. The van der Waals surface area contributed by atoms with Gasteiger partial charge in [-0.25, -0.2) is 17.6 Å². The van der Waals surface area contributed by atoms with E-state index in [0.29, 0.717) is 18.7 Å². The smallest absolute Gasteiger partial charge is 0.337 e. The van der Waals surface area contributed by atoms with Crippen LogP contribution >= 0.6 is 0 Å². The van der Waals surface area contributed by atoms with E-state index in [9.17, 15) is 22.7 Å². The first kappa shape index (κ1) is 23.6. The molecule has 34 heavy (non-hydrogen) atoms. The Bertz CT molecular complexity index is 1380. The number of carboxylic acid groups (broad SMARTS) is 1. The van der Waals surface area contributed by atoms with Gasteiger partial charge in [-0.1, -0.05) is 30.0 Å². The standard InChI is InChI=1S/C24H23FN4O4S/c25-20-5-7-21(8-6-20)28-11-13-29(14-12-28)34(32,33)17-24(26,23(30)31)10-9-18-15-19-3-1-2-4-22(19)27-16-18/h1-8,15-16H,11-14,17,26H2,(H,30,31). The average Bonchev–Trinajstić information content (AvgIpc) is 2.83. The lowest BCUT2D eigenvalue weighted by Crippen LogP contribution is -2.57. The number of rotatable bonds is 5. The van der Waals surface area contributed by atoms with Crippen LogP contribution in [0.3, 0.4) is 0 Å². The fraction of sp³-hybridized carbons (Fsp3) is 0.250. The summed E-state index contributed by atoms with van der Waals surface area (Å²) in [4.78, 5) is 18.1. The van der Waals surface area contributed by atoms with E-state index < -0.39 is 27.3 Å². The van der Waals surface area contributed by atoms with Crippen molar-refractivity contribution in [3.8, 4) is 11.8 Å². The first-order valence-corrected chi connectivity index (χ1v) is 12.2. The summed E-state index contributed by atoms with van der Waals surface area (Å²) in [6, 6.07) is 15.1. The number of hydrogen-bond acceptors (Lipinski definition) is 6. The van der Waals surface area contributed by atoms with Crippen LogP contribution in [0.25, 0.3) is 10.9 Å². The molecule has 1 fully saturated rings. The molecule has 0 saturated carbocycles. The zero-order chi connectivity index (χ0) is 24.3. The number of pyridine rings is 1. The van der Waals surface area contributed by atoms with Crippen molar-refractivity contribution >= 4 is 32.6 Å². The molecule has 2 aromatic carbocycles. The quantitative estimate of drug-likeness (QED) is 0.531. The van der Waals surface area contributed by atoms with Crippen LogP contribution in [0, 0.1) is 17.7 Å². The minimum absolute atomic E-state index is 0.150. The van der Waals surface area contributed by atoms with Crippen molar-refractivity contribution in [2.24, 2.45) is 5.73 Å². The molecule has 0 bridgehead atoms. The minimum atomic E-state index is -4.01. The number of piperazine rings is 1. The lowest BCUT2D eigenvalue weighted by Gasteiger charge is -2.36. The minimum Gasteiger partial charge on any atom is -0.479 e. The molecule has 0 radical (unpaired) electrons. The van der Waals surface area contributed by atoms with Gasteiger partial charge in [-0.2, -0.15) is 4.31 Å². The Morgan fingerprint density at radius 2 is 1.79 bits per heavy atom. The first-order valence-electron chi connectivity index (χ1n) is 10.5. The number of benzene rings is 2. The second-order valence-corrected chi connectivity index (χ2v) is 10.0. The van der Waals surface area contributed by atoms with Crippen LogP contribution in [0.1, 0.15) is 5.56 Å². The fourth-order valence-electron chi connectivity index (χ4n) is 3.73. The Hall–Kier alpha value is -3.52. The second-order valence-electron chi connectivity index (χ2n) is 8.06. The summed E-state index contributed by atoms with van der Waals surface area (Å²) in [5, 5.41) is 10.5. The maximum Gasteiger partial charge on any atom is 0.337 e. The Morgan fingerprint density at radius 3 is 2.47 bits per heavy atom. The van der Waals surface area contributed by atoms with Gasteiger partial charge < -0.3 is 15.7 Å². The predicted octanol–water partition coefficient (Wildman–Crippen LogP) is 1.66. The zero-order valence-electron chi connectivity index (χ0n) is 18.2. The molecule has 1 atom stereocenters. The Kier molecular flexibility index (Phi) is 6.52. The number of carbonyl (C=O) groups is 1. The first-order chi connectivity index (χ1) is 16.2.